The van der Waals surface area contributed by atoms with E-state index in [1.807, 2.05) is 36.1 Å². The number of pyridine rings is 1. The Labute approximate surface area is 120 Å². The van der Waals surface area contributed by atoms with Crippen molar-refractivity contribution in [2.75, 3.05) is 0 Å². The van der Waals surface area contributed by atoms with Crippen molar-refractivity contribution >= 4 is 34.1 Å². The van der Waals surface area contributed by atoms with Crippen molar-refractivity contribution in [3.8, 4) is 0 Å². The van der Waals surface area contributed by atoms with Gasteiger partial charge in [-0.05, 0) is 25.5 Å². The maximum Gasteiger partial charge on any atom is 0.160 e. The highest BCUT2D eigenvalue weighted by Gasteiger charge is 2.16. The molecule has 0 aliphatic heterocycles. The van der Waals surface area contributed by atoms with Gasteiger partial charge in [0.05, 0.1) is 11.9 Å². The average molecular weight is 293 g/mol. The van der Waals surface area contributed by atoms with Crippen LogP contribution in [0.5, 0.6) is 0 Å². The second-order valence-corrected chi connectivity index (χ2v) is 6.09. The molecule has 0 aliphatic rings. The van der Waals surface area contributed by atoms with Gasteiger partial charge in [0, 0.05) is 17.8 Å². The van der Waals surface area contributed by atoms with E-state index in [9.17, 15) is 0 Å². The van der Waals surface area contributed by atoms with Gasteiger partial charge in [0.15, 0.2) is 5.65 Å². The molecule has 0 saturated heterocycles. The fourth-order valence-electron chi connectivity index (χ4n) is 2.05. The van der Waals surface area contributed by atoms with Crippen LogP contribution in [0.15, 0.2) is 23.8 Å². The molecular weight excluding hydrogens is 280 g/mol. The number of hydrogen-bond donors (Lipinski definition) is 0. The van der Waals surface area contributed by atoms with E-state index < -0.39 is 0 Å². The number of aryl methyl sites for hydroxylation is 1. The van der Waals surface area contributed by atoms with Gasteiger partial charge < -0.3 is 4.57 Å². The molecule has 98 valence electrons. The minimum absolute atomic E-state index is 0.158. The first-order valence-electron chi connectivity index (χ1n) is 6.00. The Morgan fingerprint density at radius 1 is 1.42 bits per heavy atom. The number of rotatable bonds is 3. The predicted octanol–water partition coefficient (Wildman–Crippen LogP) is 3.54. The third-order valence-electron chi connectivity index (χ3n) is 2.88. The van der Waals surface area contributed by atoms with Gasteiger partial charge in [-0.25, -0.2) is 15.0 Å². The van der Waals surface area contributed by atoms with Crippen LogP contribution in [0.1, 0.15) is 28.7 Å². The average Bonchev–Trinajstić information content (AvgIpc) is 2.97. The molecule has 0 fully saturated rings. The molecule has 3 rings (SSSR count). The summed E-state index contributed by atoms with van der Waals surface area (Å²) in [5.41, 5.74) is 2.85. The lowest BCUT2D eigenvalue weighted by molar-refractivity contribution is 0.732. The summed E-state index contributed by atoms with van der Waals surface area (Å²) in [6.07, 6.45) is 3.66. The van der Waals surface area contributed by atoms with Crippen LogP contribution < -0.4 is 0 Å². The van der Waals surface area contributed by atoms with Crippen molar-refractivity contribution in [3.63, 3.8) is 0 Å². The zero-order valence-electron chi connectivity index (χ0n) is 10.7. The standard InChI is InChI=1S/C13H13ClN4S/c1-8-5-10-13(16-6-8)18(12(17-10)9(2)14)7-11-15-3-4-19-11/h3-6,9H,7H2,1-2H3. The van der Waals surface area contributed by atoms with Gasteiger partial charge >= 0.3 is 0 Å². The molecule has 0 bridgehead atoms. The lowest BCUT2D eigenvalue weighted by Crippen LogP contribution is -2.06. The SMILES string of the molecule is Cc1cnc2c(c1)nc(C(C)Cl)n2Cc1nccs1. The molecule has 1 atom stereocenters. The van der Waals surface area contributed by atoms with Crippen molar-refractivity contribution in [1.82, 2.24) is 19.5 Å². The number of thiazole rings is 1. The second kappa shape index (κ2) is 4.90. The van der Waals surface area contributed by atoms with Crippen LogP contribution in [0.2, 0.25) is 0 Å². The van der Waals surface area contributed by atoms with Crippen LogP contribution in [0.4, 0.5) is 0 Å². The number of halogens is 1. The highest BCUT2D eigenvalue weighted by atomic mass is 35.5. The van der Waals surface area contributed by atoms with E-state index >= 15 is 0 Å². The van der Waals surface area contributed by atoms with Crippen LogP contribution in [0, 0.1) is 6.92 Å². The number of alkyl halides is 1. The van der Waals surface area contributed by atoms with E-state index in [0.29, 0.717) is 6.54 Å². The molecule has 0 N–H and O–H groups in total. The van der Waals surface area contributed by atoms with Gasteiger partial charge in [0.25, 0.3) is 0 Å². The summed E-state index contributed by atoms with van der Waals surface area (Å²) in [6.45, 7) is 4.60. The molecule has 1 unspecified atom stereocenters. The Morgan fingerprint density at radius 2 is 2.26 bits per heavy atom. The minimum Gasteiger partial charge on any atom is -0.305 e. The number of nitrogens with zero attached hydrogens (tertiary/aromatic N) is 4. The summed E-state index contributed by atoms with van der Waals surface area (Å²) < 4.78 is 2.05. The molecule has 0 saturated carbocycles. The molecule has 19 heavy (non-hydrogen) atoms. The van der Waals surface area contributed by atoms with Gasteiger partial charge in [-0.1, -0.05) is 0 Å². The highest BCUT2D eigenvalue weighted by Crippen LogP contribution is 2.25. The molecule has 4 nitrogen and oxygen atoms in total. The van der Waals surface area contributed by atoms with Crippen molar-refractivity contribution in [2.45, 2.75) is 25.8 Å². The fraction of sp³-hybridized carbons (Fsp3) is 0.308. The zero-order valence-corrected chi connectivity index (χ0v) is 12.2. The van der Waals surface area contributed by atoms with Gasteiger partial charge in [-0.15, -0.1) is 22.9 Å². The van der Waals surface area contributed by atoms with Gasteiger partial charge in [-0.2, -0.15) is 0 Å². The van der Waals surface area contributed by atoms with E-state index in [4.69, 9.17) is 11.6 Å². The van der Waals surface area contributed by atoms with Crippen molar-refractivity contribution in [1.29, 1.82) is 0 Å². The zero-order chi connectivity index (χ0) is 13.4. The molecule has 3 aromatic rings. The lowest BCUT2D eigenvalue weighted by Gasteiger charge is -2.07. The Kier molecular flexibility index (Phi) is 3.24. The Hall–Kier alpha value is -1.46. The third kappa shape index (κ3) is 2.35. The fourth-order valence-corrected chi connectivity index (χ4v) is 2.83. The smallest absolute Gasteiger partial charge is 0.160 e. The van der Waals surface area contributed by atoms with Crippen LogP contribution in [-0.2, 0) is 6.54 Å². The third-order valence-corrected chi connectivity index (χ3v) is 3.84. The molecule has 6 heteroatoms. The molecule has 0 spiro atoms. The molecule has 0 radical (unpaired) electrons. The van der Waals surface area contributed by atoms with E-state index in [1.165, 1.54) is 0 Å². The van der Waals surface area contributed by atoms with Crippen LogP contribution in [-0.4, -0.2) is 19.5 Å². The number of aromatic nitrogens is 4. The number of fused-ring (bicyclic) bond motifs is 1. The first-order chi connectivity index (χ1) is 9.15. The minimum atomic E-state index is -0.158. The van der Waals surface area contributed by atoms with E-state index in [2.05, 4.69) is 15.0 Å². The summed E-state index contributed by atoms with van der Waals surface area (Å²) >= 11 is 7.85. The predicted molar refractivity (Wildman–Crippen MR) is 77.7 cm³/mol. The summed E-state index contributed by atoms with van der Waals surface area (Å²) in [5.74, 6) is 0.838. The summed E-state index contributed by atoms with van der Waals surface area (Å²) in [6, 6.07) is 2.03. The first kappa shape index (κ1) is 12.6. The maximum atomic E-state index is 6.23. The summed E-state index contributed by atoms with van der Waals surface area (Å²) in [5, 5.41) is 2.84. The van der Waals surface area contributed by atoms with Crippen molar-refractivity contribution in [3.05, 3.63) is 40.2 Å². The monoisotopic (exact) mass is 292 g/mol. The maximum absolute atomic E-state index is 6.23. The molecule has 0 aliphatic carbocycles. The Bertz CT molecular complexity index is 703. The van der Waals surface area contributed by atoms with E-state index in [1.54, 1.807) is 17.5 Å². The largest absolute Gasteiger partial charge is 0.305 e. The highest BCUT2D eigenvalue weighted by molar-refractivity contribution is 7.09. The first-order valence-corrected chi connectivity index (χ1v) is 7.32. The van der Waals surface area contributed by atoms with Gasteiger partial charge in [0.1, 0.15) is 16.3 Å². The molecule has 3 aromatic heterocycles. The molecular formula is C13H13ClN4S. The molecule has 3 heterocycles. The summed E-state index contributed by atoms with van der Waals surface area (Å²) in [7, 11) is 0. The molecule has 0 amide bonds. The van der Waals surface area contributed by atoms with Crippen molar-refractivity contribution < 1.29 is 0 Å². The van der Waals surface area contributed by atoms with Crippen LogP contribution >= 0.6 is 22.9 Å². The number of imidazole rings is 1. The van der Waals surface area contributed by atoms with Crippen LogP contribution in [0.3, 0.4) is 0 Å². The topological polar surface area (TPSA) is 43.6 Å². The normalized spacial score (nSPS) is 13.0. The lowest BCUT2D eigenvalue weighted by atomic mass is 10.3. The second-order valence-electron chi connectivity index (χ2n) is 4.45. The van der Waals surface area contributed by atoms with Crippen molar-refractivity contribution in [2.24, 2.45) is 0 Å². The van der Waals surface area contributed by atoms with E-state index in [-0.39, 0.29) is 5.38 Å². The summed E-state index contributed by atoms with van der Waals surface area (Å²) in [4.78, 5) is 13.4. The Balaban J connectivity index is 2.16. The van der Waals surface area contributed by atoms with Gasteiger partial charge in [-0.3, -0.25) is 0 Å². The Morgan fingerprint density at radius 3 is 2.95 bits per heavy atom. The van der Waals surface area contributed by atoms with E-state index in [0.717, 1.165) is 27.6 Å². The van der Waals surface area contributed by atoms with Crippen LogP contribution in [0.25, 0.3) is 11.2 Å². The number of hydrogen-bond acceptors (Lipinski definition) is 4. The molecule has 0 aromatic carbocycles. The quantitative estimate of drug-likeness (QED) is 0.694. The van der Waals surface area contributed by atoms with Gasteiger partial charge in [0.2, 0.25) is 0 Å².